The van der Waals surface area contributed by atoms with Gasteiger partial charge in [0.25, 0.3) is 0 Å². The predicted octanol–water partition coefficient (Wildman–Crippen LogP) is 2.60. The summed E-state index contributed by atoms with van der Waals surface area (Å²) in [7, 11) is 0. The number of carbonyl (C=O) groups is 1. The molecule has 1 heterocycles. The monoisotopic (exact) mass is 247 g/mol. The summed E-state index contributed by atoms with van der Waals surface area (Å²) in [5.74, 6) is -0.345. The van der Waals surface area contributed by atoms with Crippen molar-refractivity contribution in [2.24, 2.45) is 5.92 Å². The molecule has 1 aliphatic rings. The SMILES string of the molecule is Cc1ccc(CN2CCC(CC(=O)O)C2)cc1C. The van der Waals surface area contributed by atoms with Gasteiger partial charge in [0.05, 0.1) is 0 Å². The number of hydrogen-bond acceptors (Lipinski definition) is 2. The molecule has 1 fully saturated rings. The van der Waals surface area contributed by atoms with Gasteiger partial charge in [-0.05, 0) is 49.4 Å². The third kappa shape index (κ3) is 3.33. The maximum absolute atomic E-state index is 10.7. The quantitative estimate of drug-likeness (QED) is 0.889. The van der Waals surface area contributed by atoms with Gasteiger partial charge in [0.15, 0.2) is 0 Å². The number of rotatable bonds is 4. The van der Waals surface area contributed by atoms with Gasteiger partial charge in [0.2, 0.25) is 0 Å². The zero-order valence-corrected chi connectivity index (χ0v) is 11.1. The van der Waals surface area contributed by atoms with Crippen molar-refractivity contribution in [3.05, 3.63) is 34.9 Å². The maximum atomic E-state index is 10.7. The summed E-state index contributed by atoms with van der Waals surface area (Å²) in [6, 6.07) is 6.57. The smallest absolute Gasteiger partial charge is 0.303 e. The average molecular weight is 247 g/mol. The first-order valence-corrected chi connectivity index (χ1v) is 6.55. The normalized spacial score (nSPS) is 20.2. The summed E-state index contributed by atoms with van der Waals surface area (Å²) in [6.07, 6.45) is 1.32. The molecule has 0 spiro atoms. The molecule has 1 N–H and O–H groups in total. The first kappa shape index (κ1) is 13.1. The molecule has 0 amide bonds. The molecule has 0 radical (unpaired) electrons. The van der Waals surface area contributed by atoms with E-state index in [4.69, 9.17) is 5.11 Å². The average Bonchev–Trinajstić information content (AvgIpc) is 2.70. The fourth-order valence-corrected chi connectivity index (χ4v) is 2.63. The van der Waals surface area contributed by atoms with Crippen LogP contribution in [-0.4, -0.2) is 29.1 Å². The van der Waals surface area contributed by atoms with E-state index < -0.39 is 5.97 Å². The summed E-state index contributed by atoms with van der Waals surface area (Å²) in [6.45, 7) is 7.13. The number of carboxylic acids is 1. The van der Waals surface area contributed by atoms with E-state index in [0.29, 0.717) is 12.3 Å². The Morgan fingerprint density at radius 1 is 1.39 bits per heavy atom. The molecule has 0 aromatic heterocycles. The number of aryl methyl sites for hydroxylation is 2. The van der Waals surface area contributed by atoms with E-state index in [-0.39, 0.29) is 0 Å². The lowest BCUT2D eigenvalue weighted by molar-refractivity contribution is -0.138. The summed E-state index contributed by atoms with van der Waals surface area (Å²) >= 11 is 0. The van der Waals surface area contributed by atoms with E-state index >= 15 is 0 Å². The van der Waals surface area contributed by atoms with Crippen molar-refractivity contribution in [1.29, 1.82) is 0 Å². The van der Waals surface area contributed by atoms with Crippen LogP contribution in [0.25, 0.3) is 0 Å². The minimum atomic E-state index is -0.673. The van der Waals surface area contributed by atoms with Crippen LogP contribution in [0.15, 0.2) is 18.2 Å². The van der Waals surface area contributed by atoms with Gasteiger partial charge in [-0.2, -0.15) is 0 Å². The minimum absolute atomic E-state index is 0.309. The van der Waals surface area contributed by atoms with E-state index in [1.165, 1.54) is 16.7 Å². The van der Waals surface area contributed by atoms with Gasteiger partial charge in [-0.15, -0.1) is 0 Å². The second-order valence-corrected chi connectivity index (χ2v) is 5.41. The van der Waals surface area contributed by atoms with Gasteiger partial charge in [-0.1, -0.05) is 18.2 Å². The highest BCUT2D eigenvalue weighted by atomic mass is 16.4. The number of carboxylic acid groups (broad SMARTS) is 1. The zero-order chi connectivity index (χ0) is 13.1. The second kappa shape index (κ2) is 5.53. The van der Waals surface area contributed by atoms with Crippen LogP contribution in [0.1, 0.15) is 29.5 Å². The van der Waals surface area contributed by atoms with Gasteiger partial charge >= 0.3 is 5.97 Å². The molecule has 1 aliphatic heterocycles. The van der Waals surface area contributed by atoms with Crippen LogP contribution in [0.2, 0.25) is 0 Å². The molecule has 0 bridgehead atoms. The van der Waals surface area contributed by atoms with E-state index in [1.807, 2.05) is 0 Å². The zero-order valence-electron chi connectivity index (χ0n) is 11.1. The standard InChI is InChI=1S/C15H21NO2/c1-11-3-4-13(7-12(11)2)9-16-6-5-14(10-16)8-15(17)18/h3-4,7,14H,5-6,8-10H2,1-2H3,(H,17,18). The highest BCUT2D eigenvalue weighted by Crippen LogP contribution is 2.22. The van der Waals surface area contributed by atoms with Crippen LogP contribution >= 0.6 is 0 Å². The van der Waals surface area contributed by atoms with Gasteiger partial charge in [0.1, 0.15) is 0 Å². The van der Waals surface area contributed by atoms with Gasteiger partial charge in [-0.3, -0.25) is 9.69 Å². The van der Waals surface area contributed by atoms with Crippen molar-refractivity contribution in [2.75, 3.05) is 13.1 Å². The summed E-state index contributed by atoms with van der Waals surface area (Å²) < 4.78 is 0. The van der Waals surface area contributed by atoms with E-state index in [9.17, 15) is 4.79 Å². The molecule has 1 aromatic carbocycles. The van der Waals surface area contributed by atoms with Crippen molar-refractivity contribution in [2.45, 2.75) is 33.2 Å². The van der Waals surface area contributed by atoms with Crippen LogP contribution < -0.4 is 0 Å². The van der Waals surface area contributed by atoms with Crippen molar-refractivity contribution in [3.8, 4) is 0 Å². The lowest BCUT2D eigenvalue weighted by Crippen LogP contribution is -2.21. The first-order chi connectivity index (χ1) is 8.54. The number of aliphatic carboxylic acids is 1. The molecule has 0 saturated carbocycles. The third-order valence-electron chi connectivity index (χ3n) is 3.81. The number of nitrogens with zero attached hydrogens (tertiary/aromatic N) is 1. The Labute approximate surface area is 108 Å². The molecule has 3 nitrogen and oxygen atoms in total. The van der Waals surface area contributed by atoms with Crippen LogP contribution in [0.4, 0.5) is 0 Å². The molecule has 98 valence electrons. The van der Waals surface area contributed by atoms with Crippen molar-refractivity contribution < 1.29 is 9.90 Å². The van der Waals surface area contributed by atoms with Gasteiger partial charge in [-0.25, -0.2) is 0 Å². The number of likely N-dealkylation sites (tertiary alicyclic amines) is 1. The predicted molar refractivity (Wildman–Crippen MR) is 71.6 cm³/mol. The lowest BCUT2D eigenvalue weighted by Gasteiger charge is -2.16. The first-order valence-electron chi connectivity index (χ1n) is 6.55. The highest BCUT2D eigenvalue weighted by Gasteiger charge is 2.24. The molecule has 1 aromatic rings. The Bertz CT molecular complexity index is 442. The fraction of sp³-hybridized carbons (Fsp3) is 0.533. The van der Waals surface area contributed by atoms with E-state index in [1.54, 1.807) is 0 Å². The molecule has 0 aliphatic carbocycles. The summed E-state index contributed by atoms with van der Waals surface area (Å²) in [4.78, 5) is 13.0. The lowest BCUT2D eigenvalue weighted by atomic mass is 10.1. The Morgan fingerprint density at radius 2 is 2.17 bits per heavy atom. The van der Waals surface area contributed by atoms with E-state index in [2.05, 4.69) is 36.9 Å². The van der Waals surface area contributed by atoms with Crippen LogP contribution in [0.5, 0.6) is 0 Å². The number of benzene rings is 1. The molecule has 18 heavy (non-hydrogen) atoms. The van der Waals surface area contributed by atoms with E-state index in [0.717, 1.165) is 26.1 Å². The molecular formula is C15H21NO2. The van der Waals surface area contributed by atoms with Crippen LogP contribution in [0.3, 0.4) is 0 Å². The molecule has 1 unspecified atom stereocenters. The Kier molecular flexibility index (Phi) is 4.02. The Hall–Kier alpha value is -1.35. The van der Waals surface area contributed by atoms with Crippen molar-refractivity contribution >= 4 is 5.97 Å². The summed E-state index contributed by atoms with van der Waals surface area (Å²) in [5, 5.41) is 8.80. The minimum Gasteiger partial charge on any atom is -0.481 e. The topological polar surface area (TPSA) is 40.5 Å². The molecule has 2 rings (SSSR count). The second-order valence-electron chi connectivity index (χ2n) is 5.41. The molecule has 1 saturated heterocycles. The van der Waals surface area contributed by atoms with Crippen LogP contribution in [0, 0.1) is 19.8 Å². The van der Waals surface area contributed by atoms with Gasteiger partial charge in [0, 0.05) is 19.5 Å². The van der Waals surface area contributed by atoms with Crippen LogP contribution in [-0.2, 0) is 11.3 Å². The van der Waals surface area contributed by atoms with Crippen molar-refractivity contribution in [3.63, 3.8) is 0 Å². The molecule has 1 atom stereocenters. The highest BCUT2D eigenvalue weighted by molar-refractivity contribution is 5.67. The number of hydrogen-bond donors (Lipinski definition) is 1. The Morgan fingerprint density at radius 3 is 2.83 bits per heavy atom. The molecule has 3 heteroatoms. The third-order valence-corrected chi connectivity index (χ3v) is 3.81. The molecular weight excluding hydrogens is 226 g/mol. The van der Waals surface area contributed by atoms with Gasteiger partial charge < -0.3 is 5.11 Å². The summed E-state index contributed by atoms with van der Waals surface area (Å²) in [5.41, 5.74) is 3.98. The Balaban J connectivity index is 1.91. The largest absolute Gasteiger partial charge is 0.481 e. The van der Waals surface area contributed by atoms with Crippen molar-refractivity contribution in [1.82, 2.24) is 4.90 Å². The maximum Gasteiger partial charge on any atom is 0.303 e. The fourth-order valence-electron chi connectivity index (χ4n) is 2.63.